The lowest BCUT2D eigenvalue weighted by Gasteiger charge is -2.09. The van der Waals surface area contributed by atoms with Crippen LogP contribution in [0.5, 0.6) is 5.75 Å². The topological polar surface area (TPSA) is 78.4 Å². The predicted molar refractivity (Wildman–Crippen MR) is 76.8 cm³/mol. The Morgan fingerprint density at radius 3 is 2.30 bits per heavy atom. The molecule has 0 aromatic heterocycles. The van der Waals surface area contributed by atoms with Crippen LogP contribution in [0.25, 0.3) is 0 Å². The molecule has 2 rings (SSSR count). The molecule has 5 nitrogen and oxygen atoms in total. The lowest BCUT2D eigenvalue weighted by atomic mass is 10.2. The highest BCUT2D eigenvalue weighted by molar-refractivity contribution is 6.05. The van der Waals surface area contributed by atoms with E-state index in [9.17, 15) is 14.7 Å². The van der Waals surface area contributed by atoms with E-state index in [0.29, 0.717) is 11.3 Å². The summed E-state index contributed by atoms with van der Waals surface area (Å²) in [5.74, 6) is -0.654. The number of rotatable bonds is 3. The van der Waals surface area contributed by atoms with E-state index in [1.54, 1.807) is 30.3 Å². The Kier molecular flexibility index (Phi) is 4.00. The molecule has 5 heteroatoms. The maximum absolute atomic E-state index is 11.9. The first-order chi connectivity index (χ1) is 9.56. The van der Waals surface area contributed by atoms with Crippen LogP contribution in [0, 0.1) is 0 Å². The highest BCUT2D eigenvalue weighted by Crippen LogP contribution is 2.27. The molecule has 2 amide bonds. The smallest absolute Gasteiger partial charge is 0.255 e. The largest absolute Gasteiger partial charge is 0.506 e. The molecule has 2 aromatic rings. The molecule has 20 heavy (non-hydrogen) atoms. The van der Waals surface area contributed by atoms with Crippen LogP contribution in [-0.2, 0) is 4.79 Å². The van der Waals surface area contributed by atoms with Gasteiger partial charge in [-0.05, 0) is 24.3 Å². The number of hydrogen-bond acceptors (Lipinski definition) is 3. The maximum Gasteiger partial charge on any atom is 0.255 e. The van der Waals surface area contributed by atoms with Gasteiger partial charge in [0, 0.05) is 24.2 Å². The molecule has 0 atom stereocenters. The normalized spacial score (nSPS) is 9.85. The van der Waals surface area contributed by atoms with E-state index in [1.165, 1.54) is 19.1 Å². The van der Waals surface area contributed by atoms with Gasteiger partial charge in [0.15, 0.2) is 0 Å². The molecule has 0 spiro atoms. The minimum Gasteiger partial charge on any atom is -0.506 e. The second-order valence-electron chi connectivity index (χ2n) is 4.23. The Labute approximate surface area is 116 Å². The van der Waals surface area contributed by atoms with Gasteiger partial charge in [-0.1, -0.05) is 18.2 Å². The fourth-order valence-electron chi connectivity index (χ4n) is 1.70. The third-order valence-electron chi connectivity index (χ3n) is 2.60. The minimum atomic E-state index is -0.312. The van der Waals surface area contributed by atoms with Crippen molar-refractivity contribution in [2.24, 2.45) is 0 Å². The summed E-state index contributed by atoms with van der Waals surface area (Å²) in [5.41, 5.74) is 1.25. The lowest BCUT2D eigenvalue weighted by Crippen LogP contribution is -2.12. The minimum absolute atomic E-state index is 0.111. The molecular weight excluding hydrogens is 256 g/mol. The number of phenolic OH excluding ortho intramolecular Hbond substituents is 1. The number of carbonyl (C=O) groups is 2. The van der Waals surface area contributed by atoms with Crippen molar-refractivity contribution in [3.63, 3.8) is 0 Å². The van der Waals surface area contributed by atoms with Gasteiger partial charge in [-0.25, -0.2) is 0 Å². The zero-order valence-corrected chi connectivity index (χ0v) is 10.9. The number of amides is 2. The molecular formula is C15H14N2O3. The summed E-state index contributed by atoms with van der Waals surface area (Å²) < 4.78 is 0. The molecule has 0 saturated heterocycles. The Morgan fingerprint density at radius 2 is 1.70 bits per heavy atom. The molecule has 0 fully saturated rings. The van der Waals surface area contributed by atoms with E-state index in [2.05, 4.69) is 10.6 Å². The predicted octanol–water partition coefficient (Wildman–Crippen LogP) is 2.60. The number of anilines is 2. The van der Waals surface area contributed by atoms with Crippen LogP contribution in [0.3, 0.4) is 0 Å². The van der Waals surface area contributed by atoms with Gasteiger partial charge in [-0.2, -0.15) is 0 Å². The van der Waals surface area contributed by atoms with E-state index in [-0.39, 0.29) is 23.3 Å². The van der Waals surface area contributed by atoms with Gasteiger partial charge in [0.2, 0.25) is 5.91 Å². The molecule has 0 radical (unpaired) electrons. The second kappa shape index (κ2) is 5.88. The van der Waals surface area contributed by atoms with Gasteiger partial charge < -0.3 is 15.7 Å². The fraction of sp³-hybridized carbons (Fsp3) is 0.0667. The van der Waals surface area contributed by atoms with Gasteiger partial charge in [-0.15, -0.1) is 0 Å². The molecule has 2 aromatic carbocycles. The van der Waals surface area contributed by atoms with Crippen LogP contribution in [0.2, 0.25) is 0 Å². The van der Waals surface area contributed by atoms with Gasteiger partial charge in [0.25, 0.3) is 5.91 Å². The van der Waals surface area contributed by atoms with Crippen molar-refractivity contribution in [1.29, 1.82) is 0 Å². The van der Waals surface area contributed by atoms with Crippen LogP contribution in [-0.4, -0.2) is 16.9 Å². The van der Waals surface area contributed by atoms with Crippen molar-refractivity contribution in [3.8, 4) is 5.75 Å². The van der Waals surface area contributed by atoms with E-state index in [0.717, 1.165) is 0 Å². The van der Waals surface area contributed by atoms with Gasteiger partial charge in [0.1, 0.15) is 5.75 Å². The summed E-state index contributed by atoms with van der Waals surface area (Å²) in [7, 11) is 0. The number of nitrogens with one attached hydrogen (secondary N) is 2. The monoisotopic (exact) mass is 270 g/mol. The average molecular weight is 270 g/mol. The van der Waals surface area contributed by atoms with Gasteiger partial charge in [-0.3, -0.25) is 9.59 Å². The highest BCUT2D eigenvalue weighted by Gasteiger charge is 2.09. The highest BCUT2D eigenvalue weighted by atomic mass is 16.3. The van der Waals surface area contributed by atoms with Crippen LogP contribution >= 0.6 is 0 Å². The van der Waals surface area contributed by atoms with Crippen molar-refractivity contribution in [2.45, 2.75) is 6.92 Å². The summed E-state index contributed by atoms with van der Waals surface area (Å²) in [6.07, 6.45) is 0. The molecule has 102 valence electrons. The van der Waals surface area contributed by atoms with E-state index in [1.807, 2.05) is 6.07 Å². The molecule has 0 unspecified atom stereocenters. The Morgan fingerprint density at radius 1 is 1.00 bits per heavy atom. The molecule has 0 saturated carbocycles. The quantitative estimate of drug-likeness (QED) is 0.750. The van der Waals surface area contributed by atoms with Crippen LogP contribution in [0.15, 0.2) is 48.5 Å². The summed E-state index contributed by atoms with van der Waals surface area (Å²) in [6.45, 7) is 1.38. The summed E-state index contributed by atoms with van der Waals surface area (Å²) in [5, 5.41) is 15.0. The summed E-state index contributed by atoms with van der Waals surface area (Å²) in [4.78, 5) is 22.8. The van der Waals surface area contributed by atoms with Gasteiger partial charge in [0.05, 0.1) is 5.69 Å². The van der Waals surface area contributed by atoms with Crippen LogP contribution in [0.4, 0.5) is 11.4 Å². The van der Waals surface area contributed by atoms with Crippen molar-refractivity contribution in [1.82, 2.24) is 0 Å². The Balaban J connectivity index is 2.14. The van der Waals surface area contributed by atoms with E-state index < -0.39 is 0 Å². The molecule has 0 aliphatic heterocycles. The van der Waals surface area contributed by atoms with Crippen molar-refractivity contribution in [2.75, 3.05) is 10.6 Å². The van der Waals surface area contributed by atoms with Crippen LogP contribution in [0.1, 0.15) is 17.3 Å². The van der Waals surface area contributed by atoms with Gasteiger partial charge >= 0.3 is 0 Å². The summed E-state index contributed by atoms with van der Waals surface area (Å²) in [6, 6.07) is 13.2. The number of benzene rings is 2. The first-order valence-electron chi connectivity index (χ1n) is 6.03. The Bertz CT molecular complexity index is 639. The summed E-state index contributed by atoms with van der Waals surface area (Å²) >= 11 is 0. The molecule has 0 heterocycles. The first kappa shape index (κ1) is 13.6. The molecule has 0 bridgehead atoms. The third kappa shape index (κ3) is 3.35. The SMILES string of the molecule is CC(=O)Nc1ccc(NC(=O)c2ccccc2)c(O)c1. The zero-order chi connectivity index (χ0) is 14.5. The molecule has 3 N–H and O–H groups in total. The van der Waals surface area contributed by atoms with Crippen LogP contribution < -0.4 is 10.6 Å². The number of aromatic hydroxyl groups is 1. The van der Waals surface area contributed by atoms with E-state index in [4.69, 9.17) is 0 Å². The lowest BCUT2D eigenvalue weighted by molar-refractivity contribution is -0.114. The molecule has 0 aliphatic rings. The first-order valence-corrected chi connectivity index (χ1v) is 6.03. The fourth-order valence-corrected chi connectivity index (χ4v) is 1.70. The number of hydrogen-bond donors (Lipinski definition) is 3. The van der Waals surface area contributed by atoms with Crippen molar-refractivity contribution < 1.29 is 14.7 Å². The van der Waals surface area contributed by atoms with E-state index >= 15 is 0 Å². The Hall–Kier alpha value is -2.82. The van der Waals surface area contributed by atoms with Crippen molar-refractivity contribution >= 4 is 23.2 Å². The molecule has 0 aliphatic carbocycles. The average Bonchev–Trinajstić information content (AvgIpc) is 2.42. The maximum atomic E-state index is 11.9. The number of phenols is 1. The third-order valence-corrected chi connectivity index (χ3v) is 2.60. The standard InChI is InChI=1S/C15H14N2O3/c1-10(18)16-12-7-8-13(14(19)9-12)17-15(20)11-5-3-2-4-6-11/h2-9,19H,1H3,(H,16,18)(H,17,20). The zero-order valence-electron chi connectivity index (χ0n) is 10.9. The second-order valence-corrected chi connectivity index (χ2v) is 4.23. The van der Waals surface area contributed by atoms with Crippen molar-refractivity contribution in [3.05, 3.63) is 54.1 Å². The number of carbonyl (C=O) groups excluding carboxylic acids is 2.